The van der Waals surface area contributed by atoms with Gasteiger partial charge in [0, 0.05) is 5.75 Å². The number of rotatable bonds is 9. The van der Waals surface area contributed by atoms with Crippen molar-refractivity contribution in [3.8, 4) is 28.3 Å². The minimum atomic E-state index is -0.679. The average Bonchev–Trinajstić information content (AvgIpc) is 3.30. The molecule has 1 atom stereocenters. The number of para-hydroxylation sites is 2. The molecule has 0 aliphatic heterocycles. The predicted molar refractivity (Wildman–Crippen MR) is 120 cm³/mol. The number of hydrogen-bond acceptors (Lipinski definition) is 7. The molecule has 0 fully saturated rings. The summed E-state index contributed by atoms with van der Waals surface area (Å²) in [7, 11) is 1.60. The van der Waals surface area contributed by atoms with E-state index in [4.69, 9.17) is 9.47 Å². The Balaban J connectivity index is 1.32. The van der Waals surface area contributed by atoms with Crippen LogP contribution in [0.3, 0.4) is 0 Å². The van der Waals surface area contributed by atoms with Gasteiger partial charge in [0.1, 0.15) is 23.8 Å². The summed E-state index contributed by atoms with van der Waals surface area (Å²) in [6.07, 6.45) is -0.679. The molecule has 0 aliphatic rings. The fourth-order valence-corrected chi connectivity index (χ4v) is 3.80. The molecule has 1 N–H and O–H groups in total. The van der Waals surface area contributed by atoms with E-state index in [0.717, 1.165) is 16.8 Å². The van der Waals surface area contributed by atoms with E-state index >= 15 is 0 Å². The van der Waals surface area contributed by atoms with Crippen LogP contribution in [-0.2, 0) is 0 Å². The number of aromatic nitrogens is 4. The number of methoxy groups -OCH3 is 1. The molecular weight excluding hydrogens is 412 g/mol. The first-order valence-corrected chi connectivity index (χ1v) is 10.7. The van der Waals surface area contributed by atoms with Gasteiger partial charge in [0.15, 0.2) is 0 Å². The third-order valence-electron chi connectivity index (χ3n) is 4.56. The van der Waals surface area contributed by atoms with Crippen LogP contribution in [0.2, 0.25) is 0 Å². The highest BCUT2D eigenvalue weighted by molar-refractivity contribution is 7.99. The lowest BCUT2D eigenvalue weighted by atomic mass is 10.1. The Labute approximate surface area is 184 Å². The Morgan fingerprint density at radius 1 is 0.935 bits per heavy atom. The highest BCUT2D eigenvalue weighted by atomic mass is 32.2. The van der Waals surface area contributed by atoms with Gasteiger partial charge in [-0.05, 0) is 45.8 Å². The Kier molecular flexibility index (Phi) is 6.81. The van der Waals surface area contributed by atoms with Gasteiger partial charge in [-0.1, -0.05) is 66.4 Å². The van der Waals surface area contributed by atoms with Gasteiger partial charge in [0.05, 0.1) is 13.2 Å². The molecule has 1 heterocycles. The standard InChI is InChI=1S/C23H22N4O3S/c1-29-22-10-6-5-9-21(22)27-23(24-25-26-27)31-16-19(28)15-30-20-13-11-18(12-14-20)17-7-3-2-4-8-17/h2-14,19,28H,15-16H2,1H3. The SMILES string of the molecule is COc1ccccc1-n1nnnc1SCC(O)COc1ccc(-c2ccccc2)cc1. The number of aliphatic hydroxyl groups excluding tert-OH is 1. The first kappa shape index (κ1) is 20.9. The molecule has 1 unspecified atom stereocenters. The van der Waals surface area contributed by atoms with Crippen molar-refractivity contribution in [2.45, 2.75) is 11.3 Å². The summed E-state index contributed by atoms with van der Waals surface area (Å²) in [6.45, 7) is 0.175. The van der Waals surface area contributed by atoms with Crippen LogP contribution in [0.1, 0.15) is 0 Å². The topological polar surface area (TPSA) is 82.3 Å². The lowest BCUT2D eigenvalue weighted by molar-refractivity contribution is 0.126. The zero-order valence-corrected chi connectivity index (χ0v) is 17.8. The van der Waals surface area contributed by atoms with Gasteiger partial charge in [-0.15, -0.1) is 5.10 Å². The van der Waals surface area contributed by atoms with Crippen molar-refractivity contribution in [2.75, 3.05) is 19.5 Å². The van der Waals surface area contributed by atoms with E-state index in [1.54, 1.807) is 11.8 Å². The van der Waals surface area contributed by atoms with Crippen LogP contribution in [0, 0.1) is 0 Å². The quantitative estimate of drug-likeness (QED) is 0.401. The van der Waals surface area contributed by atoms with Gasteiger partial charge in [0.2, 0.25) is 5.16 Å². The number of nitrogens with zero attached hydrogens (tertiary/aromatic N) is 4. The van der Waals surface area contributed by atoms with Crippen LogP contribution in [0.5, 0.6) is 11.5 Å². The second kappa shape index (κ2) is 10.1. The molecular formula is C23H22N4O3S. The molecule has 0 bridgehead atoms. The van der Waals surface area contributed by atoms with Gasteiger partial charge in [-0.25, -0.2) is 0 Å². The van der Waals surface area contributed by atoms with Crippen LogP contribution in [0.25, 0.3) is 16.8 Å². The van der Waals surface area contributed by atoms with Gasteiger partial charge in [-0.3, -0.25) is 0 Å². The number of ether oxygens (including phenoxy) is 2. The van der Waals surface area contributed by atoms with Crippen molar-refractivity contribution in [1.29, 1.82) is 0 Å². The normalized spacial score (nSPS) is 11.8. The van der Waals surface area contributed by atoms with Crippen LogP contribution in [0.4, 0.5) is 0 Å². The van der Waals surface area contributed by atoms with Crippen LogP contribution in [0.15, 0.2) is 84.0 Å². The Bertz CT molecular complexity index is 1100. The minimum Gasteiger partial charge on any atom is -0.494 e. The molecule has 0 aliphatic carbocycles. The molecule has 0 amide bonds. The highest BCUT2D eigenvalue weighted by Gasteiger charge is 2.15. The molecule has 7 nitrogen and oxygen atoms in total. The van der Waals surface area contributed by atoms with Crippen molar-refractivity contribution in [1.82, 2.24) is 20.2 Å². The molecule has 0 saturated carbocycles. The van der Waals surface area contributed by atoms with E-state index in [1.165, 1.54) is 11.8 Å². The summed E-state index contributed by atoms with van der Waals surface area (Å²) in [5.41, 5.74) is 3.01. The van der Waals surface area contributed by atoms with Crippen molar-refractivity contribution in [3.05, 3.63) is 78.9 Å². The van der Waals surface area contributed by atoms with Crippen LogP contribution < -0.4 is 9.47 Å². The second-order valence-corrected chi connectivity index (χ2v) is 7.70. The number of hydrogen-bond donors (Lipinski definition) is 1. The van der Waals surface area contributed by atoms with Crippen LogP contribution in [-0.4, -0.2) is 50.9 Å². The fourth-order valence-electron chi connectivity index (χ4n) is 3.01. The molecule has 0 radical (unpaired) electrons. The number of thioether (sulfide) groups is 1. The van der Waals surface area contributed by atoms with Gasteiger partial charge < -0.3 is 14.6 Å². The van der Waals surface area contributed by atoms with Crippen molar-refractivity contribution >= 4 is 11.8 Å². The first-order valence-electron chi connectivity index (χ1n) is 9.75. The maximum absolute atomic E-state index is 10.4. The van der Waals surface area contributed by atoms with Crippen LogP contribution >= 0.6 is 11.8 Å². The Hall–Kier alpha value is -3.36. The molecule has 8 heteroatoms. The smallest absolute Gasteiger partial charge is 0.214 e. The fraction of sp³-hybridized carbons (Fsp3) is 0.174. The molecule has 4 aromatic rings. The van der Waals surface area contributed by atoms with Crippen molar-refractivity contribution in [2.24, 2.45) is 0 Å². The Morgan fingerprint density at radius 2 is 1.65 bits per heavy atom. The predicted octanol–water partition coefficient (Wildman–Crippen LogP) is 3.87. The number of benzene rings is 3. The monoisotopic (exact) mass is 434 g/mol. The lowest BCUT2D eigenvalue weighted by Gasteiger charge is -2.13. The molecule has 0 spiro atoms. The summed E-state index contributed by atoms with van der Waals surface area (Å²) in [5.74, 6) is 1.76. The minimum absolute atomic E-state index is 0.175. The Morgan fingerprint density at radius 3 is 2.42 bits per heavy atom. The third-order valence-corrected chi connectivity index (χ3v) is 5.63. The lowest BCUT2D eigenvalue weighted by Crippen LogP contribution is -2.20. The van der Waals surface area contributed by atoms with Crippen molar-refractivity contribution < 1.29 is 14.6 Å². The summed E-state index contributed by atoms with van der Waals surface area (Å²) in [5, 5.41) is 22.8. The summed E-state index contributed by atoms with van der Waals surface area (Å²) >= 11 is 1.35. The van der Waals surface area contributed by atoms with E-state index in [0.29, 0.717) is 22.4 Å². The van der Waals surface area contributed by atoms with E-state index < -0.39 is 6.10 Å². The zero-order chi connectivity index (χ0) is 21.5. The van der Waals surface area contributed by atoms with E-state index in [9.17, 15) is 5.11 Å². The maximum Gasteiger partial charge on any atom is 0.214 e. The van der Waals surface area contributed by atoms with E-state index in [1.807, 2.05) is 66.7 Å². The number of aliphatic hydroxyl groups is 1. The van der Waals surface area contributed by atoms with Crippen molar-refractivity contribution in [3.63, 3.8) is 0 Å². The maximum atomic E-state index is 10.4. The third kappa shape index (κ3) is 5.22. The largest absolute Gasteiger partial charge is 0.494 e. The zero-order valence-electron chi connectivity index (χ0n) is 17.0. The molecule has 4 rings (SSSR count). The van der Waals surface area contributed by atoms with E-state index in [2.05, 4.69) is 27.7 Å². The van der Waals surface area contributed by atoms with Gasteiger partial charge >= 0.3 is 0 Å². The number of tetrazole rings is 1. The summed E-state index contributed by atoms with van der Waals surface area (Å²) < 4.78 is 12.7. The molecule has 31 heavy (non-hydrogen) atoms. The summed E-state index contributed by atoms with van der Waals surface area (Å²) in [4.78, 5) is 0. The first-order chi connectivity index (χ1) is 15.2. The average molecular weight is 435 g/mol. The van der Waals surface area contributed by atoms with Gasteiger partial charge in [0.25, 0.3) is 0 Å². The molecule has 3 aromatic carbocycles. The second-order valence-electron chi connectivity index (χ2n) is 6.71. The molecule has 158 valence electrons. The molecule has 1 aromatic heterocycles. The highest BCUT2D eigenvalue weighted by Crippen LogP contribution is 2.26. The van der Waals surface area contributed by atoms with E-state index in [-0.39, 0.29) is 6.61 Å². The van der Waals surface area contributed by atoms with Gasteiger partial charge in [-0.2, -0.15) is 4.68 Å². The summed E-state index contributed by atoms with van der Waals surface area (Å²) in [6, 6.07) is 25.5. The molecule has 0 saturated heterocycles.